The van der Waals surface area contributed by atoms with Gasteiger partial charge in [-0.1, -0.05) is 42.5 Å². The summed E-state index contributed by atoms with van der Waals surface area (Å²) in [6.07, 6.45) is 0. The molecule has 0 N–H and O–H groups in total. The number of benzene rings is 2. The molecule has 0 saturated carbocycles. The van der Waals surface area contributed by atoms with Crippen LogP contribution in [0.3, 0.4) is 0 Å². The van der Waals surface area contributed by atoms with Crippen LogP contribution in [0, 0.1) is 34.5 Å². The van der Waals surface area contributed by atoms with Crippen LogP contribution in [-0.2, 0) is 11.3 Å². The van der Waals surface area contributed by atoms with Crippen molar-refractivity contribution in [1.82, 2.24) is 5.01 Å². The molecule has 6 nitrogen and oxygen atoms in total. The molecule has 1 aliphatic heterocycles. The van der Waals surface area contributed by atoms with Crippen molar-refractivity contribution >= 4 is 11.6 Å². The summed E-state index contributed by atoms with van der Waals surface area (Å²) in [5, 5.41) is 24.9. The van der Waals surface area contributed by atoms with Gasteiger partial charge in [0.05, 0.1) is 31.7 Å². The van der Waals surface area contributed by atoms with Gasteiger partial charge in [-0.15, -0.1) is 0 Å². The van der Waals surface area contributed by atoms with Crippen LogP contribution in [0.25, 0.3) is 0 Å². The molecule has 2 atom stereocenters. The van der Waals surface area contributed by atoms with E-state index in [2.05, 4.69) is 5.10 Å². The minimum absolute atomic E-state index is 0.197. The number of hydrazone groups is 1. The first kappa shape index (κ1) is 19.1. The summed E-state index contributed by atoms with van der Waals surface area (Å²) in [6, 6.07) is 20.8. The Kier molecular flexibility index (Phi) is 5.72. The van der Waals surface area contributed by atoms with Gasteiger partial charge in [0.15, 0.2) is 0 Å². The quantitative estimate of drug-likeness (QED) is 0.776. The first-order chi connectivity index (χ1) is 13.6. The van der Waals surface area contributed by atoms with E-state index in [4.69, 9.17) is 4.74 Å². The van der Waals surface area contributed by atoms with Crippen molar-refractivity contribution in [3.8, 4) is 17.9 Å². The number of amides is 1. The molecule has 1 amide bonds. The van der Waals surface area contributed by atoms with Gasteiger partial charge in [-0.05, 0) is 30.2 Å². The second-order valence-corrected chi connectivity index (χ2v) is 6.64. The van der Waals surface area contributed by atoms with Crippen LogP contribution in [0.1, 0.15) is 24.0 Å². The SMILES string of the molecule is COc1ccc([C@H](C(C#N)C#N)[C@H]2C(=O)N(Cc3ccccc3)N=C2C)cc1. The van der Waals surface area contributed by atoms with Crippen LogP contribution in [0.4, 0.5) is 0 Å². The Morgan fingerprint density at radius 3 is 2.32 bits per heavy atom. The first-order valence-corrected chi connectivity index (χ1v) is 8.92. The van der Waals surface area contributed by atoms with Crippen molar-refractivity contribution in [1.29, 1.82) is 10.5 Å². The summed E-state index contributed by atoms with van der Waals surface area (Å²) in [7, 11) is 1.57. The van der Waals surface area contributed by atoms with Gasteiger partial charge in [-0.2, -0.15) is 15.6 Å². The third-order valence-electron chi connectivity index (χ3n) is 4.92. The molecule has 1 heterocycles. The summed E-state index contributed by atoms with van der Waals surface area (Å²) in [4.78, 5) is 13.2. The van der Waals surface area contributed by atoms with E-state index in [0.29, 0.717) is 18.0 Å². The highest BCUT2D eigenvalue weighted by Crippen LogP contribution is 2.38. The highest BCUT2D eigenvalue weighted by atomic mass is 16.5. The molecule has 0 spiro atoms. The number of nitrogens with zero attached hydrogens (tertiary/aromatic N) is 4. The maximum atomic E-state index is 13.2. The summed E-state index contributed by atoms with van der Waals surface area (Å²) < 4.78 is 5.18. The van der Waals surface area contributed by atoms with Crippen molar-refractivity contribution in [3.63, 3.8) is 0 Å². The second kappa shape index (κ2) is 8.37. The summed E-state index contributed by atoms with van der Waals surface area (Å²) >= 11 is 0. The van der Waals surface area contributed by atoms with Crippen LogP contribution >= 0.6 is 0 Å². The van der Waals surface area contributed by atoms with E-state index in [0.717, 1.165) is 11.1 Å². The summed E-state index contributed by atoms with van der Waals surface area (Å²) in [5.41, 5.74) is 2.31. The minimum Gasteiger partial charge on any atom is -0.497 e. The molecule has 6 heteroatoms. The lowest BCUT2D eigenvalue weighted by Gasteiger charge is -2.24. The second-order valence-electron chi connectivity index (χ2n) is 6.64. The van der Waals surface area contributed by atoms with Crippen molar-refractivity contribution < 1.29 is 9.53 Å². The van der Waals surface area contributed by atoms with E-state index in [1.54, 1.807) is 38.3 Å². The molecule has 0 aromatic heterocycles. The molecule has 140 valence electrons. The Balaban J connectivity index is 1.93. The fourth-order valence-electron chi connectivity index (χ4n) is 3.52. The average Bonchev–Trinajstić information content (AvgIpc) is 3.00. The molecule has 1 aliphatic rings. The van der Waals surface area contributed by atoms with Crippen molar-refractivity contribution in [2.75, 3.05) is 7.11 Å². The van der Waals surface area contributed by atoms with Gasteiger partial charge in [0, 0.05) is 11.6 Å². The van der Waals surface area contributed by atoms with Crippen molar-refractivity contribution in [2.24, 2.45) is 16.9 Å². The van der Waals surface area contributed by atoms with E-state index in [1.165, 1.54) is 5.01 Å². The zero-order valence-electron chi connectivity index (χ0n) is 15.7. The monoisotopic (exact) mass is 372 g/mol. The van der Waals surface area contributed by atoms with E-state index in [1.807, 2.05) is 42.5 Å². The molecule has 2 aromatic rings. The lowest BCUT2D eigenvalue weighted by Crippen LogP contribution is -2.34. The Morgan fingerprint density at radius 2 is 1.75 bits per heavy atom. The Bertz CT molecular complexity index is 941. The predicted molar refractivity (Wildman–Crippen MR) is 104 cm³/mol. The van der Waals surface area contributed by atoms with Gasteiger partial charge < -0.3 is 4.74 Å². The van der Waals surface area contributed by atoms with Gasteiger partial charge >= 0.3 is 0 Å². The molecule has 0 bridgehead atoms. The molecule has 0 fully saturated rings. The summed E-state index contributed by atoms with van der Waals surface area (Å²) in [5.74, 6) is -1.75. The number of methoxy groups -OCH3 is 1. The van der Waals surface area contributed by atoms with Gasteiger partial charge in [0.2, 0.25) is 0 Å². The van der Waals surface area contributed by atoms with E-state index in [9.17, 15) is 15.3 Å². The number of ether oxygens (including phenoxy) is 1. The molecule has 3 rings (SSSR count). The molecule has 2 aromatic carbocycles. The number of hydrogen-bond donors (Lipinski definition) is 0. The number of carbonyl (C=O) groups is 1. The third kappa shape index (κ3) is 3.72. The number of carbonyl (C=O) groups excluding carboxylic acids is 1. The van der Waals surface area contributed by atoms with Crippen LogP contribution in [0.5, 0.6) is 5.75 Å². The molecular weight excluding hydrogens is 352 g/mol. The largest absolute Gasteiger partial charge is 0.497 e. The normalized spacial score (nSPS) is 17.0. The van der Waals surface area contributed by atoms with E-state index in [-0.39, 0.29) is 5.91 Å². The fourth-order valence-corrected chi connectivity index (χ4v) is 3.52. The van der Waals surface area contributed by atoms with Crippen LogP contribution in [-0.4, -0.2) is 23.7 Å². The molecular formula is C22H20N4O2. The molecule has 0 aliphatic carbocycles. The number of rotatable bonds is 6. The molecule has 0 saturated heterocycles. The Labute approximate surface area is 164 Å². The third-order valence-corrected chi connectivity index (χ3v) is 4.92. The first-order valence-electron chi connectivity index (χ1n) is 8.92. The topological polar surface area (TPSA) is 89.5 Å². The molecule has 0 radical (unpaired) electrons. The highest BCUT2D eigenvalue weighted by Gasteiger charge is 2.43. The molecule has 28 heavy (non-hydrogen) atoms. The van der Waals surface area contributed by atoms with Gasteiger partial charge in [-0.3, -0.25) is 4.79 Å². The lowest BCUT2D eigenvalue weighted by atomic mass is 9.76. The van der Waals surface area contributed by atoms with Crippen molar-refractivity contribution in [3.05, 3.63) is 65.7 Å². The standard InChI is InChI=1S/C22H20N4O2/c1-15-20(22(27)26(25-15)14-16-6-4-3-5-7-16)21(18(12-23)13-24)17-8-10-19(28-2)11-9-17/h3-11,18,20-21H,14H2,1-2H3/t20-,21+/m0/s1. The highest BCUT2D eigenvalue weighted by molar-refractivity contribution is 6.07. The minimum atomic E-state index is -0.968. The maximum absolute atomic E-state index is 13.2. The van der Waals surface area contributed by atoms with E-state index >= 15 is 0 Å². The fraction of sp³-hybridized carbons (Fsp3) is 0.273. The van der Waals surface area contributed by atoms with Gasteiger partial charge in [0.25, 0.3) is 5.91 Å². The number of hydrogen-bond acceptors (Lipinski definition) is 5. The van der Waals surface area contributed by atoms with Crippen LogP contribution < -0.4 is 4.74 Å². The predicted octanol–water partition coefficient (Wildman–Crippen LogP) is 3.48. The van der Waals surface area contributed by atoms with Crippen molar-refractivity contribution in [2.45, 2.75) is 19.4 Å². The smallest absolute Gasteiger partial charge is 0.252 e. The lowest BCUT2D eigenvalue weighted by molar-refractivity contribution is -0.133. The Hall–Kier alpha value is -3.64. The van der Waals surface area contributed by atoms with Crippen LogP contribution in [0.15, 0.2) is 59.7 Å². The van der Waals surface area contributed by atoms with Gasteiger partial charge in [0.1, 0.15) is 11.7 Å². The number of nitriles is 2. The van der Waals surface area contributed by atoms with Crippen LogP contribution in [0.2, 0.25) is 0 Å². The Morgan fingerprint density at radius 1 is 1.11 bits per heavy atom. The molecule has 0 unspecified atom stereocenters. The zero-order valence-corrected chi connectivity index (χ0v) is 15.7. The zero-order chi connectivity index (χ0) is 20.1. The van der Waals surface area contributed by atoms with E-state index < -0.39 is 17.8 Å². The van der Waals surface area contributed by atoms with Gasteiger partial charge in [-0.25, -0.2) is 5.01 Å². The maximum Gasteiger partial charge on any atom is 0.252 e. The average molecular weight is 372 g/mol. The summed E-state index contributed by atoms with van der Waals surface area (Å²) in [6.45, 7) is 2.13.